The first kappa shape index (κ1) is 13.8. The van der Waals surface area contributed by atoms with E-state index in [1.165, 1.54) is 11.1 Å². The van der Waals surface area contributed by atoms with Crippen molar-refractivity contribution in [2.45, 2.75) is 26.3 Å². The molecule has 0 radical (unpaired) electrons. The highest BCUT2D eigenvalue weighted by atomic mass is 127. The van der Waals surface area contributed by atoms with E-state index in [-0.39, 0.29) is 36.6 Å². The molecule has 0 saturated heterocycles. The molecule has 0 aromatic rings. The zero-order chi connectivity index (χ0) is 10.8. The summed E-state index contributed by atoms with van der Waals surface area (Å²) in [4.78, 5) is 6.68. The van der Waals surface area contributed by atoms with Gasteiger partial charge in [-0.05, 0) is 20.3 Å². The fourth-order valence-corrected chi connectivity index (χ4v) is 1.96. The Bertz CT molecular complexity index is 314. The molecular formula is C11H20IN3O. The van der Waals surface area contributed by atoms with Crippen LogP contribution in [-0.4, -0.2) is 48.2 Å². The maximum Gasteiger partial charge on any atom is 0.194 e. The summed E-state index contributed by atoms with van der Waals surface area (Å²) in [7, 11) is 0. The smallest absolute Gasteiger partial charge is 0.194 e. The summed E-state index contributed by atoms with van der Waals surface area (Å²) in [5, 5.41) is 12.3. The molecule has 0 aromatic carbocycles. The van der Waals surface area contributed by atoms with E-state index in [1.54, 1.807) is 0 Å². The minimum absolute atomic E-state index is 0. The van der Waals surface area contributed by atoms with Crippen molar-refractivity contribution < 1.29 is 5.11 Å². The van der Waals surface area contributed by atoms with E-state index in [1.807, 2.05) is 0 Å². The van der Waals surface area contributed by atoms with Gasteiger partial charge in [-0.1, -0.05) is 11.1 Å². The molecule has 0 saturated carbocycles. The van der Waals surface area contributed by atoms with Gasteiger partial charge in [-0.25, -0.2) is 0 Å². The zero-order valence-electron chi connectivity index (χ0n) is 9.86. The molecule has 5 heteroatoms. The minimum atomic E-state index is 0. The third-order valence-corrected chi connectivity index (χ3v) is 3.23. The number of aliphatic hydroxyl groups excluding tert-OH is 1. The zero-order valence-corrected chi connectivity index (χ0v) is 12.2. The van der Waals surface area contributed by atoms with Gasteiger partial charge < -0.3 is 15.3 Å². The number of nitrogens with zero attached hydrogens (tertiary/aromatic N) is 2. The molecule has 2 aliphatic heterocycles. The predicted molar refractivity (Wildman–Crippen MR) is 76.3 cm³/mol. The van der Waals surface area contributed by atoms with Crippen LogP contribution in [0.1, 0.15) is 20.3 Å². The first-order valence-corrected chi connectivity index (χ1v) is 5.52. The standard InChI is InChI=1S/C11H19N3O.HI/c1-8-3-4-14(6-9(8)2)11-12-5-10(7-15)13-11;/h10,15H,3-7H2,1-2H3,(H,12,13);1H/t10-;/m0./s1. The van der Waals surface area contributed by atoms with Crippen molar-refractivity contribution in [3.8, 4) is 0 Å². The van der Waals surface area contributed by atoms with Crippen LogP contribution in [0.15, 0.2) is 16.1 Å². The molecule has 4 nitrogen and oxygen atoms in total. The quantitative estimate of drug-likeness (QED) is 0.554. The number of aliphatic hydroxyl groups is 1. The average Bonchev–Trinajstić information content (AvgIpc) is 2.70. The minimum Gasteiger partial charge on any atom is -0.394 e. The maximum atomic E-state index is 9.01. The molecule has 0 bridgehead atoms. The molecule has 0 fully saturated rings. The number of rotatable bonds is 1. The van der Waals surface area contributed by atoms with Gasteiger partial charge in [-0.2, -0.15) is 0 Å². The van der Waals surface area contributed by atoms with E-state index in [0.29, 0.717) is 6.54 Å². The summed E-state index contributed by atoms with van der Waals surface area (Å²) in [6.45, 7) is 7.25. The number of aliphatic imine (C=N–C) groups is 1. The van der Waals surface area contributed by atoms with Gasteiger partial charge in [0, 0.05) is 13.1 Å². The lowest BCUT2D eigenvalue weighted by Crippen LogP contribution is -2.45. The summed E-state index contributed by atoms with van der Waals surface area (Å²) in [5.41, 5.74) is 2.95. The van der Waals surface area contributed by atoms with Crippen LogP contribution in [0.5, 0.6) is 0 Å². The predicted octanol–water partition coefficient (Wildman–Crippen LogP) is 0.967. The lowest BCUT2D eigenvalue weighted by Gasteiger charge is -2.30. The van der Waals surface area contributed by atoms with Crippen molar-refractivity contribution >= 4 is 29.9 Å². The molecular weight excluding hydrogens is 317 g/mol. The molecule has 0 unspecified atom stereocenters. The molecule has 0 spiro atoms. The van der Waals surface area contributed by atoms with Gasteiger partial charge in [0.25, 0.3) is 0 Å². The Labute approximate surface area is 114 Å². The first-order valence-electron chi connectivity index (χ1n) is 5.52. The second-order valence-corrected chi connectivity index (χ2v) is 4.42. The topological polar surface area (TPSA) is 47.9 Å². The van der Waals surface area contributed by atoms with Crippen LogP contribution in [0.4, 0.5) is 0 Å². The number of halogens is 1. The van der Waals surface area contributed by atoms with E-state index in [4.69, 9.17) is 5.11 Å². The number of guanidine groups is 1. The van der Waals surface area contributed by atoms with Crippen molar-refractivity contribution in [3.05, 3.63) is 11.1 Å². The van der Waals surface area contributed by atoms with Crippen LogP contribution in [-0.2, 0) is 0 Å². The van der Waals surface area contributed by atoms with Crippen molar-refractivity contribution in [1.82, 2.24) is 10.2 Å². The molecule has 2 heterocycles. The lowest BCUT2D eigenvalue weighted by molar-refractivity contribution is 0.261. The Balaban J connectivity index is 0.00000128. The monoisotopic (exact) mass is 337 g/mol. The number of hydrogen-bond acceptors (Lipinski definition) is 4. The maximum absolute atomic E-state index is 9.01. The van der Waals surface area contributed by atoms with E-state index < -0.39 is 0 Å². The number of hydrogen-bond donors (Lipinski definition) is 2. The average molecular weight is 337 g/mol. The third kappa shape index (κ3) is 2.88. The Hall–Kier alpha value is -0.300. The first-order chi connectivity index (χ1) is 7.20. The summed E-state index contributed by atoms with van der Waals surface area (Å²) >= 11 is 0. The van der Waals surface area contributed by atoms with Gasteiger partial charge in [0.2, 0.25) is 0 Å². The van der Waals surface area contributed by atoms with Gasteiger partial charge >= 0.3 is 0 Å². The largest absolute Gasteiger partial charge is 0.394 e. The van der Waals surface area contributed by atoms with Crippen molar-refractivity contribution in [3.63, 3.8) is 0 Å². The van der Waals surface area contributed by atoms with E-state index >= 15 is 0 Å². The molecule has 16 heavy (non-hydrogen) atoms. The highest BCUT2D eigenvalue weighted by molar-refractivity contribution is 14.0. The Kier molecular flexibility index (Phi) is 5.04. The van der Waals surface area contributed by atoms with Crippen LogP contribution >= 0.6 is 24.0 Å². The summed E-state index contributed by atoms with van der Waals surface area (Å²) in [6.07, 6.45) is 1.12. The van der Waals surface area contributed by atoms with Gasteiger partial charge in [0.05, 0.1) is 19.2 Å². The van der Waals surface area contributed by atoms with Crippen LogP contribution < -0.4 is 5.32 Å². The number of nitrogens with one attached hydrogen (secondary N) is 1. The lowest BCUT2D eigenvalue weighted by atomic mass is 10.0. The Morgan fingerprint density at radius 3 is 2.75 bits per heavy atom. The summed E-state index contributed by atoms with van der Waals surface area (Å²) in [5.74, 6) is 0.959. The van der Waals surface area contributed by atoms with Gasteiger partial charge in [-0.3, -0.25) is 4.99 Å². The molecule has 1 atom stereocenters. The fraction of sp³-hybridized carbons (Fsp3) is 0.727. The fourth-order valence-electron chi connectivity index (χ4n) is 1.96. The van der Waals surface area contributed by atoms with Crippen LogP contribution in [0.25, 0.3) is 0 Å². The van der Waals surface area contributed by atoms with Crippen LogP contribution in [0.2, 0.25) is 0 Å². The molecule has 92 valence electrons. The molecule has 2 aliphatic rings. The summed E-state index contributed by atoms with van der Waals surface area (Å²) < 4.78 is 0. The summed E-state index contributed by atoms with van der Waals surface area (Å²) in [6, 6.07) is 0.118. The second kappa shape index (κ2) is 5.86. The van der Waals surface area contributed by atoms with Crippen LogP contribution in [0.3, 0.4) is 0 Å². The Morgan fingerprint density at radius 1 is 1.44 bits per heavy atom. The molecule has 2 N–H and O–H groups in total. The van der Waals surface area contributed by atoms with Gasteiger partial charge in [-0.15, -0.1) is 24.0 Å². The van der Waals surface area contributed by atoms with E-state index in [2.05, 4.69) is 29.1 Å². The molecule has 0 aromatic heterocycles. The van der Waals surface area contributed by atoms with E-state index in [9.17, 15) is 0 Å². The van der Waals surface area contributed by atoms with E-state index in [0.717, 1.165) is 25.5 Å². The van der Waals surface area contributed by atoms with Crippen molar-refractivity contribution in [2.75, 3.05) is 26.2 Å². The second-order valence-electron chi connectivity index (χ2n) is 4.42. The van der Waals surface area contributed by atoms with Gasteiger partial charge in [0.15, 0.2) is 5.96 Å². The third-order valence-electron chi connectivity index (χ3n) is 3.23. The Morgan fingerprint density at radius 2 is 2.19 bits per heavy atom. The van der Waals surface area contributed by atoms with Crippen LogP contribution in [0, 0.1) is 0 Å². The SMILES string of the molecule is CC1=C(C)CN(C2=NC[C@@H](CO)N2)CC1.I. The van der Waals surface area contributed by atoms with Gasteiger partial charge in [0.1, 0.15) is 0 Å². The van der Waals surface area contributed by atoms with Crippen molar-refractivity contribution in [2.24, 2.45) is 4.99 Å². The molecule has 0 aliphatic carbocycles. The molecule has 0 amide bonds. The highest BCUT2D eigenvalue weighted by Crippen LogP contribution is 2.17. The normalized spacial score (nSPS) is 25.1. The highest BCUT2D eigenvalue weighted by Gasteiger charge is 2.23. The molecule has 2 rings (SSSR count). The van der Waals surface area contributed by atoms with Crippen molar-refractivity contribution in [1.29, 1.82) is 0 Å².